The van der Waals surface area contributed by atoms with Crippen molar-refractivity contribution in [3.8, 4) is 6.07 Å². The number of nitrogens with one attached hydrogen (secondary N) is 1. The molecule has 78 valence electrons. The van der Waals surface area contributed by atoms with Crippen LogP contribution in [0.15, 0.2) is 0 Å². The first kappa shape index (κ1) is 9.95. The Morgan fingerprint density at radius 2 is 2.14 bits per heavy atom. The molecular formula is C11H18N2O. The molecule has 1 atom stereocenters. The quantitative estimate of drug-likeness (QED) is 0.698. The molecule has 2 aliphatic carbocycles. The Morgan fingerprint density at radius 3 is 2.64 bits per heavy atom. The first-order chi connectivity index (χ1) is 6.88. The van der Waals surface area contributed by atoms with Gasteiger partial charge < -0.3 is 4.74 Å². The molecule has 2 fully saturated rings. The molecule has 0 aromatic carbocycles. The topological polar surface area (TPSA) is 45.0 Å². The van der Waals surface area contributed by atoms with Gasteiger partial charge in [0, 0.05) is 12.6 Å². The van der Waals surface area contributed by atoms with Crippen molar-refractivity contribution in [3.05, 3.63) is 0 Å². The summed E-state index contributed by atoms with van der Waals surface area (Å²) in [5, 5.41) is 12.2. The van der Waals surface area contributed by atoms with Crippen LogP contribution in [0, 0.1) is 11.3 Å². The summed E-state index contributed by atoms with van der Waals surface area (Å²) < 4.78 is 5.62. The van der Waals surface area contributed by atoms with Crippen molar-refractivity contribution in [2.75, 3.05) is 6.61 Å². The van der Waals surface area contributed by atoms with Gasteiger partial charge in [-0.05, 0) is 38.5 Å². The van der Waals surface area contributed by atoms with E-state index in [9.17, 15) is 0 Å². The van der Waals surface area contributed by atoms with Gasteiger partial charge in [0.05, 0.1) is 18.2 Å². The number of nitriles is 1. The summed E-state index contributed by atoms with van der Waals surface area (Å²) in [6.45, 7) is 0.739. The molecule has 0 spiro atoms. The summed E-state index contributed by atoms with van der Waals surface area (Å²) in [6.07, 6.45) is 7.55. The van der Waals surface area contributed by atoms with Crippen molar-refractivity contribution < 1.29 is 4.74 Å². The lowest BCUT2D eigenvalue weighted by Crippen LogP contribution is -2.32. The van der Waals surface area contributed by atoms with Gasteiger partial charge in [-0.2, -0.15) is 5.26 Å². The minimum absolute atomic E-state index is 0.00239. The van der Waals surface area contributed by atoms with Crippen LogP contribution in [-0.2, 0) is 4.74 Å². The Morgan fingerprint density at radius 1 is 1.36 bits per heavy atom. The van der Waals surface area contributed by atoms with Crippen LogP contribution in [0.25, 0.3) is 0 Å². The van der Waals surface area contributed by atoms with Gasteiger partial charge in [-0.1, -0.05) is 0 Å². The monoisotopic (exact) mass is 194 g/mol. The predicted molar refractivity (Wildman–Crippen MR) is 53.8 cm³/mol. The van der Waals surface area contributed by atoms with Crippen LogP contribution in [0.4, 0.5) is 0 Å². The highest BCUT2D eigenvalue weighted by Crippen LogP contribution is 2.22. The number of nitrogens with zero attached hydrogens (tertiary/aromatic N) is 1. The third-order valence-electron chi connectivity index (χ3n) is 2.98. The van der Waals surface area contributed by atoms with Crippen LogP contribution >= 0.6 is 0 Å². The molecule has 14 heavy (non-hydrogen) atoms. The molecule has 3 heteroatoms. The van der Waals surface area contributed by atoms with Crippen molar-refractivity contribution in [1.82, 2.24) is 5.32 Å². The zero-order chi connectivity index (χ0) is 9.80. The third-order valence-corrected chi connectivity index (χ3v) is 2.98. The lowest BCUT2D eigenvalue weighted by Gasteiger charge is -2.25. The Labute approximate surface area is 85.4 Å². The molecule has 0 bridgehead atoms. The standard InChI is InChI=1S/C11H18N2O/c12-8-10(13-9-4-5-9)6-7-14-11-2-1-3-11/h9-11,13H,1-7H2. The van der Waals surface area contributed by atoms with E-state index in [1.54, 1.807) is 0 Å². The van der Waals surface area contributed by atoms with Crippen molar-refractivity contribution >= 4 is 0 Å². The second-order valence-corrected chi connectivity index (χ2v) is 4.34. The lowest BCUT2D eigenvalue weighted by molar-refractivity contribution is -0.000193. The van der Waals surface area contributed by atoms with Crippen LogP contribution in [0.1, 0.15) is 38.5 Å². The van der Waals surface area contributed by atoms with E-state index in [2.05, 4.69) is 11.4 Å². The van der Waals surface area contributed by atoms with E-state index in [1.165, 1.54) is 32.1 Å². The summed E-state index contributed by atoms with van der Waals surface area (Å²) in [4.78, 5) is 0. The molecule has 2 aliphatic rings. The molecule has 0 saturated heterocycles. The highest BCUT2D eigenvalue weighted by Gasteiger charge is 2.24. The summed E-state index contributed by atoms with van der Waals surface area (Å²) in [6, 6.07) is 2.91. The van der Waals surface area contributed by atoms with E-state index < -0.39 is 0 Å². The molecule has 0 amide bonds. The van der Waals surface area contributed by atoms with E-state index in [1.807, 2.05) is 0 Å². The van der Waals surface area contributed by atoms with E-state index in [4.69, 9.17) is 10.00 Å². The molecule has 2 saturated carbocycles. The van der Waals surface area contributed by atoms with E-state index in [0.29, 0.717) is 12.1 Å². The molecule has 1 N–H and O–H groups in total. The molecule has 0 aliphatic heterocycles. The Hall–Kier alpha value is -0.590. The molecule has 0 aromatic heterocycles. The molecular weight excluding hydrogens is 176 g/mol. The van der Waals surface area contributed by atoms with Crippen molar-refractivity contribution in [3.63, 3.8) is 0 Å². The van der Waals surface area contributed by atoms with E-state index in [0.717, 1.165) is 13.0 Å². The number of ether oxygens (including phenoxy) is 1. The largest absolute Gasteiger partial charge is 0.378 e. The number of hydrogen-bond donors (Lipinski definition) is 1. The molecule has 0 aromatic rings. The summed E-state index contributed by atoms with van der Waals surface area (Å²) in [5.41, 5.74) is 0. The van der Waals surface area contributed by atoms with Crippen LogP contribution in [0.2, 0.25) is 0 Å². The minimum Gasteiger partial charge on any atom is -0.378 e. The SMILES string of the molecule is N#CC(CCOC1CCC1)NC1CC1. The van der Waals surface area contributed by atoms with E-state index >= 15 is 0 Å². The summed E-state index contributed by atoms with van der Waals surface area (Å²) in [5.74, 6) is 0. The van der Waals surface area contributed by atoms with Crippen LogP contribution in [0.3, 0.4) is 0 Å². The lowest BCUT2D eigenvalue weighted by atomic mass is 9.96. The first-order valence-corrected chi connectivity index (χ1v) is 5.66. The van der Waals surface area contributed by atoms with Gasteiger partial charge in [-0.15, -0.1) is 0 Å². The molecule has 3 nitrogen and oxygen atoms in total. The highest BCUT2D eigenvalue weighted by atomic mass is 16.5. The van der Waals surface area contributed by atoms with Crippen LogP contribution in [-0.4, -0.2) is 24.8 Å². The zero-order valence-corrected chi connectivity index (χ0v) is 8.54. The Bertz CT molecular complexity index is 216. The molecule has 1 unspecified atom stereocenters. The average molecular weight is 194 g/mol. The maximum Gasteiger partial charge on any atom is 0.0977 e. The van der Waals surface area contributed by atoms with Gasteiger partial charge in [0.1, 0.15) is 0 Å². The normalized spacial score (nSPS) is 23.9. The van der Waals surface area contributed by atoms with Crippen molar-refractivity contribution in [1.29, 1.82) is 5.26 Å². The van der Waals surface area contributed by atoms with Gasteiger partial charge in [-0.25, -0.2) is 0 Å². The second-order valence-electron chi connectivity index (χ2n) is 4.34. The molecule has 2 rings (SSSR count). The molecule has 0 heterocycles. The van der Waals surface area contributed by atoms with Gasteiger partial charge in [0.15, 0.2) is 0 Å². The Kier molecular flexibility index (Phi) is 3.39. The van der Waals surface area contributed by atoms with Crippen LogP contribution < -0.4 is 5.32 Å². The number of rotatable bonds is 6. The van der Waals surface area contributed by atoms with Gasteiger partial charge in [-0.3, -0.25) is 5.32 Å². The van der Waals surface area contributed by atoms with Crippen LogP contribution in [0.5, 0.6) is 0 Å². The highest BCUT2D eigenvalue weighted by molar-refractivity contribution is 4.95. The third kappa shape index (κ3) is 2.97. The zero-order valence-electron chi connectivity index (χ0n) is 8.54. The predicted octanol–water partition coefficient (Wildman–Crippen LogP) is 1.59. The van der Waals surface area contributed by atoms with Gasteiger partial charge >= 0.3 is 0 Å². The van der Waals surface area contributed by atoms with Crippen molar-refractivity contribution in [2.45, 2.75) is 56.7 Å². The summed E-state index contributed by atoms with van der Waals surface area (Å²) >= 11 is 0. The van der Waals surface area contributed by atoms with Gasteiger partial charge in [0.25, 0.3) is 0 Å². The first-order valence-electron chi connectivity index (χ1n) is 5.66. The fraction of sp³-hybridized carbons (Fsp3) is 0.909. The van der Waals surface area contributed by atoms with Gasteiger partial charge in [0.2, 0.25) is 0 Å². The maximum atomic E-state index is 8.87. The minimum atomic E-state index is 0.00239. The number of hydrogen-bond acceptors (Lipinski definition) is 3. The second kappa shape index (κ2) is 4.77. The summed E-state index contributed by atoms with van der Waals surface area (Å²) in [7, 11) is 0. The smallest absolute Gasteiger partial charge is 0.0977 e. The Balaban J connectivity index is 1.54. The molecule has 0 radical (unpaired) electrons. The van der Waals surface area contributed by atoms with E-state index in [-0.39, 0.29) is 6.04 Å². The fourth-order valence-electron chi connectivity index (χ4n) is 1.61. The van der Waals surface area contributed by atoms with Crippen molar-refractivity contribution in [2.24, 2.45) is 0 Å². The average Bonchev–Trinajstić information content (AvgIpc) is 2.90. The fourth-order valence-corrected chi connectivity index (χ4v) is 1.61. The maximum absolute atomic E-state index is 8.87.